The summed E-state index contributed by atoms with van der Waals surface area (Å²) in [5.74, 6) is -0.444. The predicted octanol–water partition coefficient (Wildman–Crippen LogP) is 2.81. The normalized spacial score (nSPS) is 13.2. The van der Waals surface area contributed by atoms with Crippen molar-refractivity contribution >= 4 is 66.0 Å². The van der Waals surface area contributed by atoms with Gasteiger partial charge in [0.15, 0.2) is 9.96 Å². The van der Waals surface area contributed by atoms with Crippen molar-refractivity contribution in [1.82, 2.24) is 4.31 Å². The van der Waals surface area contributed by atoms with Crippen LogP contribution in [-0.4, -0.2) is 41.9 Å². The molecule has 0 amide bonds. The number of hydrogen-bond acceptors (Lipinski definition) is 6. The topological polar surface area (TPSA) is 98.7 Å². The van der Waals surface area contributed by atoms with Crippen molar-refractivity contribution < 1.29 is 17.7 Å². The van der Waals surface area contributed by atoms with Gasteiger partial charge in [0, 0.05) is 35.5 Å². The summed E-state index contributed by atoms with van der Waals surface area (Å²) in [6.45, 7) is 1.96. The molecule has 0 aliphatic carbocycles. The van der Waals surface area contributed by atoms with Crippen molar-refractivity contribution in [2.45, 2.75) is 11.1 Å². The Labute approximate surface area is 155 Å². The van der Waals surface area contributed by atoms with E-state index >= 15 is 0 Å². The van der Waals surface area contributed by atoms with Crippen LogP contribution < -0.4 is 9.44 Å². The van der Waals surface area contributed by atoms with Crippen molar-refractivity contribution in [3.8, 4) is 5.75 Å². The number of rotatable bonds is 7. The van der Waals surface area contributed by atoms with E-state index in [0.29, 0.717) is 10.0 Å². The first-order chi connectivity index (χ1) is 11.1. The van der Waals surface area contributed by atoms with Gasteiger partial charge in [0.25, 0.3) is 10.0 Å². The molecule has 2 aromatic heterocycles. The highest BCUT2D eigenvalue weighted by Gasteiger charge is 2.28. The van der Waals surface area contributed by atoms with Gasteiger partial charge >= 0.3 is 0 Å². The fourth-order valence-corrected chi connectivity index (χ4v) is 6.77. The number of hydrogen-bond donors (Lipinski definition) is 4. The minimum atomic E-state index is -3.78. The lowest BCUT2D eigenvalue weighted by Gasteiger charge is -2.23. The van der Waals surface area contributed by atoms with Gasteiger partial charge < -0.3 is 14.6 Å². The highest BCUT2D eigenvalue weighted by Crippen LogP contribution is 2.40. The molecule has 0 unspecified atom stereocenters. The Morgan fingerprint density at radius 3 is 2.50 bits per heavy atom. The molecule has 2 rings (SSSR count). The Hall–Kier alpha value is -0.850. The first-order valence-corrected chi connectivity index (χ1v) is 12.5. The minimum absolute atomic E-state index is 0.0905. The lowest BCUT2D eigenvalue weighted by Crippen LogP contribution is -2.29. The lowest BCUT2D eigenvalue weighted by molar-refractivity contribution is 0.454. The maximum Gasteiger partial charge on any atom is 0.256 e. The van der Waals surface area contributed by atoms with E-state index in [1.54, 1.807) is 18.4 Å². The fraction of sp³-hybridized carbons (Fsp3) is 0.333. The molecule has 136 valence electrons. The van der Waals surface area contributed by atoms with Gasteiger partial charge in [-0.15, -0.1) is 22.7 Å². The predicted molar refractivity (Wildman–Crippen MR) is 104 cm³/mol. The van der Waals surface area contributed by atoms with E-state index in [4.69, 9.17) is 11.6 Å². The van der Waals surface area contributed by atoms with E-state index < -0.39 is 26.1 Å². The van der Waals surface area contributed by atoms with Crippen molar-refractivity contribution in [3.63, 3.8) is 0 Å². The molecular weight excluding hydrogens is 414 g/mol. The molecule has 0 saturated carbocycles. The molecule has 24 heavy (non-hydrogen) atoms. The number of nitrogens with zero attached hydrogens (tertiary/aromatic N) is 1. The molecule has 0 atom stereocenters. The van der Waals surface area contributed by atoms with E-state index in [1.807, 2.05) is 0 Å². The van der Waals surface area contributed by atoms with E-state index in [0.717, 1.165) is 15.6 Å². The van der Waals surface area contributed by atoms with Gasteiger partial charge in [-0.2, -0.15) is 0 Å². The first-order valence-electron chi connectivity index (χ1n) is 6.72. The van der Waals surface area contributed by atoms with Crippen LogP contribution in [0.25, 0.3) is 0 Å². The molecule has 0 aromatic carbocycles. The molecule has 2 heterocycles. The molecule has 0 aliphatic rings. The molecular formula is C12H18ClN3O4S4. The Bertz CT molecular complexity index is 877. The molecule has 0 spiro atoms. The molecule has 0 radical (unpaired) electrons. The number of sulfonamides is 1. The van der Waals surface area contributed by atoms with E-state index in [9.17, 15) is 17.7 Å². The van der Waals surface area contributed by atoms with Crippen LogP contribution in [-0.2, 0) is 20.3 Å². The largest absolute Gasteiger partial charge is 0.504 e. The highest BCUT2D eigenvalue weighted by atomic mass is 35.5. The van der Waals surface area contributed by atoms with Crippen molar-refractivity contribution in [2.24, 2.45) is 0 Å². The van der Waals surface area contributed by atoms with Crippen molar-refractivity contribution in [3.05, 3.63) is 21.2 Å². The smallest absolute Gasteiger partial charge is 0.256 e. The molecule has 7 nitrogen and oxygen atoms in total. The number of nitrogens with one attached hydrogen (secondary N) is 2. The van der Waals surface area contributed by atoms with Gasteiger partial charge in [-0.05, 0) is 11.4 Å². The molecule has 3 N–H and O–H groups in total. The monoisotopic (exact) mass is 431 g/mol. The summed E-state index contributed by atoms with van der Waals surface area (Å²) in [4.78, 5) is 0. The summed E-state index contributed by atoms with van der Waals surface area (Å²) in [6, 6.07) is 1.68. The van der Waals surface area contributed by atoms with Gasteiger partial charge in [0.05, 0.1) is 5.69 Å². The number of aromatic hydroxyl groups is 1. The van der Waals surface area contributed by atoms with Gasteiger partial charge in [-0.1, -0.05) is 18.5 Å². The Morgan fingerprint density at radius 1 is 1.33 bits per heavy atom. The Morgan fingerprint density at radius 2 is 1.96 bits per heavy atom. The Balaban J connectivity index is 2.26. The average Bonchev–Trinajstić information content (AvgIpc) is 3.05. The molecule has 12 heteroatoms. The second-order valence-electron chi connectivity index (χ2n) is 4.96. The van der Waals surface area contributed by atoms with Crippen LogP contribution >= 0.6 is 34.3 Å². The van der Waals surface area contributed by atoms with Crippen molar-refractivity contribution in [2.75, 3.05) is 29.3 Å². The quantitative estimate of drug-likeness (QED) is 0.506. The SMILES string of the molecule is CCN(C)S(=O)(=O)c1scc(N[SH](C)(=O)Nc2ccsc2Cl)c1O. The molecule has 0 aliphatic heterocycles. The summed E-state index contributed by atoms with van der Waals surface area (Å²) in [5.41, 5.74) is 0.598. The molecule has 0 saturated heterocycles. The van der Waals surface area contributed by atoms with Gasteiger partial charge in [0.1, 0.15) is 10.0 Å². The third-order valence-electron chi connectivity index (χ3n) is 3.11. The second kappa shape index (κ2) is 7.18. The molecule has 0 fully saturated rings. The third-order valence-corrected chi connectivity index (χ3v) is 9.04. The van der Waals surface area contributed by atoms with E-state index in [-0.39, 0.29) is 16.4 Å². The van der Waals surface area contributed by atoms with E-state index in [2.05, 4.69) is 9.44 Å². The number of anilines is 2. The summed E-state index contributed by atoms with van der Waals surface area (Å²) >= 11 is 8.12. The van der Waals surface area contributed by atoms with Crippen LogP contribution in [0.3, 0.4) is 0 Å². The number of halogens is 1. The maximum atomic E-state index is 12.7. The average molecular weight is 432 g/mol. The maximum absolute atomic E-state index is 12.7. The number of thiol groups is 1. The summed E-state index contributed by atoms with van der Waals surface area (Å²) < 4.78 is 44.1. The first kappa shape index (κ1) is 19.5. The standard InChI is InChI=1S/C12H18ClN3O4S4/c1-4-16(2)24(19,20)12-10(17)9(7-22-12)15-23(3,18)14-8-5-6-21-11(8)13/h5-7,17,23H,4H2,1-3H3,(H2,14,15,18). The Kier molecular flexibility index (Phi) is 5.83. The van der Waals surface area contributed by atoms with Gasteiger partial charge in [-0.25, -0.2) is 16.9 Å². The van der Waals surface area contributed by atoms with Crippen LogP contribution in [0.15, 0.2) is 21.0 Å². The lowest BCUT2D eigenvalue weighted by atomic mass is 10.5. The van der Waals surface area contributed by atoms with Crippen LogP contribution in [0.2, 0.25) is 4.34 Å². The minimum Gasteiger partial charge on any atom is -0.504 e. The zero-order chi connectivity index (χ0) is 18.1. The summed E-state index contributed by atoms with van der Waals surface area (Å²) in [7, 11) is -5.52. The molecule has 0 bridgehead atoms. The summed E-state index contributed by atoms with van der Waals surface area (Å²) in [6.07, 6.45) is 1.42. The van der Waals surface area contributed by atoms with Crippen LogP contribution in [0, 0.1) is 0 Å². The zero-order valence-corrected chi connectivity index (χ0v) is 17.2. The molecule has 2 aromatic rings. The number of thiophene rings is 2. The van der Waals surface area contributed by atoms with Gasteiger partial charge in [-0.3, -0.25) is 0 Å². The zero-order valence-electron chi connectivity index (χ0n) is 13.1. The third kappa shape index (κ3) is 4.03. The summed E-state index contributed by atoms with van der Waals surface area (Å²) in [5, 5.41) is 13.4. The van der Waals surface area contributed by atoms with Gasteiger partial charge in [0.2, 0.25) is 0 Å². The highest BCUT2D eigenvalue weighted by molar-refractivity contribution is 8.04. The van der Waals surface area contributed by atoms with Crippen LogP contribution in [0.4, 0.5) is 11.4 Å². The van der Waals surface area contributed by atoms with Crippen LogP contribution in [0.1, 0.15) is 6.92 Å². The van der Waals surface area contributed by atoms with E-state index in [1.165, 1.54) is 30.0 Å². The van der Waals surface area contributed by atoms with Crippen molar-refractivity contribution in [1.29, 1.82) is 0 Å². The fourth-order valence-electron chi connectivity index (χ4n) is 1.77. The second-order valence-corrected chi connectivity index (χ2v) is 11.9. The van der Waals surface area contributed by atoms with Crippen LogP contribution in [0.5, 0.6) is 5.75 Å².